The Kier molecular flexibility index (Phi) is 2.58. The highest BCUT2D eigenvalue weighted by Gasteiger charge is 2.25. The molecule has 16 heavy (non-hydrogen) atoms. The second kappa shape index (κ2) is 3.90. The summed E-state index contributed by atoms with van der Waals surface area (Å²) in [4.78, 5) is 23.1. The Bertz CT molecular complexity index is 490. The third-order valence-electron chi connectivity index (χ3n) is 2.31. The molecular weight excluding hydrogens is 204 g/mol. The van der Waals surface area contributed by atoms with E-state index in [1.54, 1.807) is 17.1 Å². The normalized spacial score (nSPS) is 14.8. The molecule has 0 aromatic heterocycles. The molecule has 0 fully saturated rings. The molecule has 0 heterocycles. The van der Waals surface area contributed by atoms with Crippen LogP contribution in [0.25, 0.3) is 5.70 Å². The van der Waals surface area contributed by atoms with Crippen LogP contribution in [0.2, 0.25) is 0 Å². The third kappa shape index (κ3) is 1.75. The minimum Gasteiger partial charge on any atom is -0.319 e. The molecule has 4 nitrogen and oxygen atoms in total. The van der Waals surface area contributed by atoms with Gasteiger partial charge in [-0.1, -0.05) is 24.3 Å². The van der Waals surface area contributed by atoms with E-state index < -0.39 is 11.6 Å². The van der Waals surface area contributed by atoms with Crippen LogP contribution in [0.3, 0.4) is 0 Å². The summed E-state index contributed by atoms with van der Waals surface area (Å²) in [5, 5.41) is 1.73. The lowest BCUT2D eigenvalue weighted by Gasteiger charge is -2.21. The Labute approximate surface area is 93.5 Å². The number of nitrogens with one attached hydrogen (secondary N) is 1. The quantitative estimate of drug-likeness (QED) is 0.588. The molecule has 1 aromatic rings. The lowest BCUT2D eigenvalue weighted by molar-refractivity contribution is -0.111. The number of hydrogen-bond acceptors (Lipinski definition) is 4. The van der Waals surface area contributed by atoms with E-state index in [4.69, 9.17) is 0 Å². The smallest absolute Gasteiger partial charge is 0.233 e. The van der Waals surface area contributed by atoms with Gasteiger partial charge in [-0.25, -0.2) is 5.01 Å². The molecule has 0 radical (unpaired) electrons. The number of Topliss-reactive ketones (excluding diaryl/α,β-unsaturated/α-hetero) is 1. The fourth-order valence-corrected chi connectivity index (χ4v) is 1.66. The standard InChI is InChI=1S/C12H12N2O2/c1-14(2)13-10-7-11(15)12(16)9-6-4-3-5-8(9)10/h3-7,13H,1-2H3. The number of hydrazine groups is 1. The molecule has 0 saturated heterocycles. The van der Waals surface area contributed by atoms with Gasteiger partial charge in [-0.05, 0) is 0 Å². The van der Waals surface area contributed by atoms with Gasteiger partial charge in [0.25, 0.3) is 0 Å². The van der Waals surface area contributed by atoms with Crippen molar-refractivity contribution < 1.29 is 9.59 Å². The van der Waals surface area contributed by atoms with Crippen molar-refractivity contribution in [3.8, 4) is 0 Å². The minimum absolute atomic E-state index is 0.445. The van der Waals surface area contributed by atoms with Crippen molar-refractivity contribution in [3.63, 3.8) is 0 Å². The van der Waals surface area contributed by atoms with E-state index in [1.807, 2.05) is 26.2 Å². The first-order valence-electron chi connectivity index (χ1n) is 4.93. The van der Waals surface area contributed by atoms with Crippen LogP contribution in [-0.2, 0) is 4.79 Å². The number of fused-ring (bicyclic) bond motifs is 1. The summed E-state index contributed by atoms with van der Waals surface area (Å²) in [7, 11) is 3.65. The molecular formula is C12H12N2O2. The summed E-state index contributed by atoms with van der Waals surface area (Å²) < 4.78 is 0. The zero-order valence-electron chi connectivity index (χ0n) is 9.15. The fourth-order valence-electron chi connectivity index (χ4n) is 1.66. The lowest BCUT2D eigenvalue weighted by Crippen LogP contribution is -2.32. The van der Waals surface area contributed by atoms with Crippen LogP contribution in [0.15, 0.2) is 30.3 Å². The summed E-state index contributed by atoms with van der Waals surface area (Å²) >= 11 is 0. The molecule has 0 unspecified atom stereocenters. The molecule has 1 N–H and O–H groups in total. The van der Waals surface area contributed by atoms with Crippen molar-refractivity contribution in [2.24, 2.45) is 0 Å². The predicted molar refractivity (Wildman–Crippen MR) is 60.6 cm³/mol. The van der Waals surface area contributed by atoms with E-state index in [1.165, 1.54) is 6.08 Å². The van der Waals surface area contributed by atoms with E-state index in [0.717, 1.165) is 5.56 Å². The zero-order chi connectivity index (χ0) is 11.7. The largest absolute Gasteiger partial charge is 0.319 e. The van der Waals surface area contributed by atoms with E-state index in [-0.39, 0.29) is 0 Å². The topological polar surface area (TPSA) is 49.4 Å². The van der Waals surface area contributed by atoms with Gasteiger partial charge >= 0.3 is 0 Å². The number of hydrogen-bond donors (Lipinski definition) is 1. The van der Waals surface area contributed by atoms with E-state index in [0.29, 0.717) is 11.3 Å². The minimum atomic E-state index is -0.483. The zero-order valence-corrected chi connectivity index (χ0v) is 9.15. The van der Waals surface area contributed by atoms with Crippen molar-refractivity contribution in [2.45, 2.75) is 0 Å². The van der Waals surface area contributed by atoms with Crippen LogP contribution < -0.4 is 5.43 Å². The summed E-state index contributed by atoms with van der Waals surface area (Å²) in [6.07, 6.45) is 1.34. The van der Waals surface area contributed by atoms with Gasteiger partial charge in [0, 0.05) is 31.3 Å². The second-order valence-corrected chi connectivity index (χ2v) is 3.80. The van der Waals surface area contributed by atoms with Gasteiger partial charge in [-0.15, -0.1) is 0 Å². The third-order valence-corrected chi connectivity index (χ3v) is 2.31. The number of rotatable bonds is 2. The summed E-state index contributed by atoms with van der Waals surface area (Å²) in [5.74, 6) is -0.928. The van der Waals surface area contributed by atoms with Gasteiger partial charge in [-0.3, -0.25) is 9.59 Å². The molecule has 0 aliphatic heterocycles. The average molecular weight is 216 g/mol. The SMILES string of the molecule is CN(C)NC1=CC(=O)C(=O)c2ccccc21. The molecule has 1 aliphatic rings. The van der Waals surface area contributed by atoms with Crippen LogP contribution in [0, 0.1) is 0 Å². The maximum absolute atomic E-state index is 11.6. The van der Waals surface area contributed by atoms with Gasteiger partial charge in [0.1, 0.15) is 0 Å². The van der Waals surface area contributed by atoms with Crippen LogP contribution in [0.4, 0.5) is 0 Å². The van der Waals surface area contributed by atoms with E-state index in [2.05, 4.69) is 5.43 Å². The molecule has 0 amide bonds. The Balaban J connectivity index is 2.51. The molecule has 1 aromatic carbocycles. The monoisotopic (exact) mass is 216 g/mol. The highest BCUT2D eigenvalue weighted by molar-refractivity contribution is 6.50. The number of nitrogens with zero attached hydrogens (tertiary/aromatic N) is 1. The summed E-state index contributed by atoms with van der Waals surface area (Å²) in [6, 6.07) is 7.08. The highest BCUT2D eigenvalue weighted by Crippen LogP contribution is 2.22. The Hall–Kier alpha value is -1.94. The molecule has 0 atom stereocenters. The van der Waals surface area contributed by atoms with Crippen molar-refractivity contribution in [3.05, 3.63) is 41.5 Å². The maximum Gasteiger partial charge on any atom is 0.233 e. The lowest BCUT2D eigenvalue weighted by atomic mass is 9.93. The van der Waals surface area contributed by atoms with Crippen molar-refractivity contribution >= 4 is 17.3 Å². The molecule has 0 saturated carbocycles. The number of carbonyl (C=O) groups is 2. The first-order valence-corrected chi connectivity index (χ1v) is 4.93. The van der Waals surface area contributed by atoms with Gasteiger partial charge in [0.05, 0.1) is 5.70 Å². The van der Waals surface area contributed by atoms with Crippen LogP contribution in [-0.4, -0.2) is 30.7 Å². The molecule has 1 aliphatic carbocycles. The molecule has 0 spiro atoms. The summed E-state index contributed by atoms with van der Waals surface area (Å²) in [6.45, 7) is 0. The number of carbonyl (C=O) groups excluding carboxylic acids is 2. The Morgan fingerprint density at radius 1 is 1.06 bits per heavy atom. The van der Waals surface area contributed by atoms with Crippen LogP contribution in [0.5, 0.6) is 0 Å². The van der Waals surface area contributed by atoms with Crippen molar-refractivity contribution in [1.29, 1.82) is 0 Å². The fraction of sp³-hybridized carbons (Fsp3) is 0.167. The van der Waals surface area contributed by atoms with Gasteiger partial charge in [0.15, 0.2) is 0 Å². The number of ketones is 2. The predicted octanol–water partition coefficient (Wildman–Crippen LogP) is 0.859. The Morgan fingerprint density at radius 2 is 1.69 bits per heavy atom. The van der Waals surface area contributed by atoms with Crippen LogP contribution in [0.1, 0.15) is 15.9 Å². The van der Waals surface area contributed by atoms with Crippen LogP contribution >= 0.6 is 0 Å². The number of benzene rings is 1. The Morgan fingerprint density at radius 3 is 2.31 bits per heavy atom. The maximum atomic E-state index is 11.6. The molecule has 4 heteroatoms. The van der Waals surface area contributed by atoms with Gasteiger partial charge in [-0.2, -0.15) is 0 Å². The molecule has 0 bridgehead atoms. The first-order chi connectivity index (χ1) is 7.59. The highest BCUT2D eigenvalue weighted by atomic mass is 16.2. The van der Waals surface area contributed by atoms with Gasteiger partial charge < -0.3 is 5.43 Å². The van der Waals surface area contributed by atoms with E-state index in [9.17, 15) is 9.59 Å². The molecule has 2 rings (SSSR count). The molecule has 82 valence electrons. The first kappa shape index (κ1) is 10.6. The average Bonchev–Trinajstić information content (AvgIpc) is 2.25. The van der Waals surface area contributed by atoms with Gasteiger partial charge in [0.2, 0.25) is 11.6 Å². The summed E-state index contributed by atoms with van der Waals surface area (Å²) in [5.41, 5.74) is 4.89. The van der Waals surface area contributed by atoms with E-state index >= 15 is 0 Å². The number of allylic oxidation sites excluding steroid dienone is 1. The van der Waals surface area contributed by atoms with Crippen molar-refractivity contribution in [2.75, 3.05) is 14.1 Å². The second-order valence-electron chi connectivity index (χ2n) is 3.80. The van der Waals surface area contributed by atoms with Crippen molar-refractivity contribution in [1.82, 2.24) is 10.4 Å².